The molecule has 0 bridgehead atoms. The number of aromatic nitrogens is 2. The fourth-order valence-electron chi connectivity index (χ4n) is 1.28. The average molecular weight is 284 g/mol. The molecule has 6 heteroatoms. The Kier molecular flexibility index (Phi) is 4.45. The molecule has 0 unspecified atom stereocenters. The molecule has 5 nitrogen and oxygen atoms in total. The highest BCUT2D eigenvalue weighted by molar-refractivity contribution is 6.74. The molecule has 0 aliphatic carbocycles. The summed E-state index contributed by atoms with van der Waals surface area (Å²) in [4.78, 5) is 11.7. The lowest BCUT2D eigenvalue weighted by Crippen LogP contribution is -2.44. The summed E-state index contributed by atoms with van der Waals surface area (Å²) in [5.74, 6) is 0.118. The summed E-state index contributed by atoms with van der Waals surface area (Å²) in [7, 11) is -1.95. The number of nitrogens with one attached hydrogen (secondary N) is 1. The molecule has 1 N–H and O–H groups in total. The lowest BCUT2D eigenvalue weighted by molar-refractivity contribution is 0.0518. The number of ether oxygens (including phenoxy) is 1. The van der Waals surface area contributed by atoms with Crippen molar-refractivity contribution in [2.75, 3.05) is 6.61 Å². The van der Waals surface area contributed by atoms with Crippen LogP contribution in [0.3, 0.4) is 0 Å². The summed E-state index contributed by atoms with van der Waals surface area (Å²) in [5, 5.41) is 6.90. The highest BCUT2D eigenvalue weighted by Gasteiger charge is 2.40. The molecule has 1 rings (SSSR count). The van der Waals surface area contributed by atoms with Gasteiger partial charge in [-0.2, -0.15) is 0 Å². The zero-order valence-corrected chi connectivity index (χ0v) is 13.9. The van der Waals surface area contributed by atoms with Crippen LogP contribution in [-0.4, -0.2) is 31.1 Å². The SMILES string of the molecule is CCOC(=O)c1[nH]nc(O[Si](C)(C)C(C)(C)C)c1C. The number of rotatable bonds is 4. The lowest BCUT2D eigenvalue weighted by atomic mass is 10.2. The van der Waals surface area contributed by atoms with Gasteiger partial charge in [0.1, 0.15) is 5.69 Å². The number of carbonyl (C=O) groups excluding carboxylic acids is 1. The third-order valence-corrected chi connectivity index (χ3v) is 7.92. The number of hydrogen-bond acceptors (Lipinski definition) is 4. The van der Waals surface area contributed by atoms with Gasteiger partial charge < -0.3 is 9.16 Å². The summed E-state index contributed by atoms with van der Waals surface area (Å²) in [5.41, 5.74) is 1.08. The molecule has 0 atom stereocenters. The maximum atomic E-state index is 11.7. The highest BCUT2D eigenvalue weighted by atomic mass is 28.4. The van der Waals surface area contributed by atoms with Crippen LogP contribution < -0.4 is 4.43 Å². The zero-order valence-electron chi connectivity index (χ0n) is 12.9. The second-order valence-corrected chi connectivity index (χ2v) is 10.8. The van der Waals surface area contributed by atoms with E-state index in [-0.39, 0.29) is 5.04 Å². The summed E-state index contributed by atoms with van der Waals surface area (Å²) < 4.78 is 11.1. The van der Waals surface area contributed by atoms with Crippen LogP contribution in [0.1, 0.15) is 43.7 Å². The van der Waals surface area contributed by atoms with Crippen molar-refractivity contribution >= 4 is 14.3 Å². The fourth-order valence-corrected chi connectivity index (χ4v) is 2.27. The van der Waals surface area contributed by atoms with E-state index in [1.807, 2.05) is 6.92 Å². The quantitative estimate of drug-likeness (QED) is 0.680. The minimum absolute atomic E-state index is 0.0858. The van der Waals surface area contributed by atoms with Gasteiger partial charge in [-0.1, -0.05) is 20.8 Å². The van der Waals surface area contributed by atoms with Crippen molar-refractivity contribution in [3.05, 3.63) is 11.3 Å². The average Bonchev–Trinajstić information content (AvgIpc) is 2.59. The van der Waals surface area contributed by atoms with Crippen LogP contribution in [0.4, 0.5) is 0 Å². The van der Waals surface area contributed by atoms with E-state index < -0.39 is 14.3 Å². The van der Waals surface area contributed by atoms with Gasteiger partial charge in [-0.15, -0.1) is 5.10 Å². The number of nitrogens with zero attached hydrogens (tertiary/aromatic N) is 1. The number of aromatic amines is 1. The van der Waals surface area contributed by atoms with Crippen molar-refractivity contribution in [2.45, 2.75) is 52.8 Å². The Morgan fingerprint density at radius 1 is 1.37 bits per heavy atom. The Morgan fingerprint density at radius 3 is 2.42 bits per heavy atom. The molecule has 0 amide bonds. The molecule has 19 heavy (non-hydrogen) atoms. The topological polar surface area (TPSA) is 64.2 Å². The van der Waals surface area contributed by atoms with Gasteiger partial charge in [0.2, 0.25) is 5.88 Å². The Labute approximate surface area is 115 Å². The van der Waals surface area contributed by atoms with Gasteiger partial charge in [-0.25, -0.2) is 4.79 Å². The highest BCUT2D eigenvalue weighted by Crippen LogP contribution is 2.37. The molecule has 0 aliphatic heterocycles. The fraction of sp³-hybridized carbons (Fsp3) is 0.692. The van der Waals surface area contributed by atoms with E-state index >= 15 is 0 Å². The molecule has 0 aliphatic rings. The van der Waals surface area contributed by atoms with Gasteiger partial charge in [0.05, 0.1) is 6.61 Å². The molecule has 1 aromatic rings. The van der Waals surface area contributed by atoms with Crippen LogP contribution in [0.15, 0.2) is 0 Å². The largest absolute Gasteiger partial charge is 0.529 e. The molecule has 0 aromatic carbocycles. The minimum atomic E-state index is -1.95. The van der Waals surface area contributed by atoms with E-state index in [9.17, 15) is 4.79 Å². The monoisotopic (exact) mass is 284 g/mol. The van der Waals surface area contributed by atoms with Gasteiger partial charge in [-0.3, -0.25) is 5.10 Å². The Morgan fingerprint density at radius 2 is 1.95 bits per heavy atom. The van der Waals surface area contributed by atoms with Crippen LogP contribution in [0.5, 0.6) is 5.88 Å². The number of carbonyl (C=O) groups is 1. The molecule has 108 valence electrons. The number of H-pyrrole nitrogens is 1. The van der Waals surface area contributed by atoms with E-state index in [0.29, 0.717) is 23.7 Å². The van der Waals surface area contributed by atoms with E-state index in [0.717, 1.165) is 0 Å². The first-order chi connectivity index (χ1) is 8.60. The van der Waals surface area contributed by atoms with Crippen LogP contribution in [0, 0.1) is 6.92 Å². The third-order valence-electron chi connectivity index (χ3n) is 3.60. The summed E-state index contributed by atoms with van der Waals surface area (Å²) in [6.07, 6.45) is 0. The van der Waals surface area contributed by atoms with Crippen LogP contribution in [0.2, 0.25) is 18.1 Å². The molecule has 1 heterocycles. The van der Waals surface area contributed by atoms with Gasteiger partial charge in [-0.05, 0) is 32.0 Å². The number of esters is 1. The molecule has 0 radical (unpaired) electrons. The van der Waals surface area contributed by atoms with E-state index in [1.54, 1.807) is 6.92 Å². The van der Waals surface area contributed by atoms with Gasteiger partial charge in [0.15, 0.2) is 0 Å². The third kappa shape index (κ3) is 3.37. The van der Waals surface area contributed by atoms with E-state index in [2.05, 4.69) is 44.1 Å². The van der Waals surface area contributed by atoms with Crippen LogP contribution in [0.25, 0.3) is 0 Å². The Balaban J connectivity index is 2.97. The summed E-state index contributed by atoms with van der Waals surface area (Å²) in [6, 6.07) is 0. The summed E-state index contributed by atoms with van der Waals surface area (Å²) >= 11 is 0. The molecular formula is C13H24N2O3Si. The molecule has 0 saturated carbocycles. The molecule has 1 aromatic heterocycles. The first-order valence-electron chi connectivity index (χ1n) is 6.51. The predicted octanol–water partition coefficient (Wildman–Crippen LogP) is 3.28. The molecule has 0 fully saturated rings. The Hall–Kier alpha value is -1.30. The van der Waals surface area contributed by atoms with Crippen molar-refractivity contribution < 1.29 is 14.0 Å². The second-order valence-electron chi connectivity index (χ2n) is 6.11. The molecule has 0 spiro atoms. The maximum absolute atomic E-state index is 11.7. The van der Waals surface area contributed by atoms with Crippen LogP contribution in [-0.2, 0) is 4.74 Å². The van der Waals surface area contributed by atoms with Crippen molar-refractivity contribution in [1.82, 2.24) is 10.2 Å². The first-order valence-corrected chi connectivity index (χ1v) is 9.42. The first kappa shape index (κ1) is 15.8. The van der Waals surface area contributed by atoms with Crippen LogP contribution >= 0.6 is 0 Å². The number of hydrogen-bond donors (Lipinski definition) is 1. The van der Waals surface area contributed by atoms with Crippen molar-refractivity contribution in [3.63, 3.8) is 0 Å². The summed E-state index contributed by atoms with van der Waals surface area (Å²) in [6.45, 7) is 14.7. The van der Waals surface area contributed by atoms with Crippen molar-refractivity contribution in [1.29, 1.82) is 0 Å². The second kappa shape index (κ2) is 5.36. The maximum Gasteiger partial charge on any atom is 0.356 e. The van der Waals surface area contributed by atoms with E-state index in [1.165, 1.54) is 0 Å². The van der Waals surface area contributed by atoms with Gasteiger partial charge >= 0.3 is 5.97 Å². The van der Waals surface area contributed by atoms with Crippen molar-refractivity contribution in [3.8, 4) is 5.88 Å². The van der Waals surface area contributed by atoms with Crippen molar-refractivity contribution in [2.24, 2.45) is 0 Å². The minimum Gasteiger partial charge on any atom is -0.529 e. The molecule has 0 saturated heterocycles. The van der Waals surface area contributed by atoms with Gasteiger partial charge in [0, 0.05) is 5.56 Å². The lowest BCUT2D eigenvalue weighted by Gasteiger charge is -2.35. The smallest absolute Gasteiger partial charge is 0.356 e. The molecular weight excluding hydrogens is 260 g/mol. The predicted molar refractivity (Wildman–Crippen MR) is 77.1 cm³/mol. The Bertz CT molecular complexity index is 461. The van der Waals surface area contributed by atoms with E-state index in [4.69, 9.17) is 9.16 Å². The zero-order chi connectivity index (χ0) is 14.8. The van der Waals surface area contributed by atoms with Gasteiger partial charge in [0.25, 0.3) is 8.32 Å². The standard InChI is InChI=1S/C13H24N2O3Si/c1-8-17-12(16)10-9(2)11(15-14-10)18-19(6,7)13(3,4)5/h8H2,1-7H3,(H,14,15). The normalized spacial score (nSPS) is 12.4.